The molecule has 2 rings (SSSR count). The zero-order chi connectivity index (χ0) is 11.4. The van der Waals surface area contributed by atoms with Crippen LogP contribution >= 0.6 is 15.9 Å². The predicted octanol–water partition coefficient (Wildman–Crippen LogP) is 3.76. The van der Waals surface area contributed by atoms with E-state index in [-0.39, 0.29) is 0 Å². The second-order valence-electron chi connectivity index (χ2n) is 3.73. The van der Waals surface area contributed by atoms with Crippen molar-refractivity contribution >= 4 is 21.6 Å². The van der Waals surface area contributed by atoms with Crippen LogP contribution in [0.3, 0.4) is 0 Å². The number of benzene rings is 1. The molecule has 2 nitrogen and oxygen atoms in total. The molecule has 1 heterocycles. The summed E-state index contributed by atoms with van der Waals surface area (Å²) in [6, 6.07) is 10.4. The van der Waals surface area contributed by atoms with E-state index in [1.54, 1.807) is 6.20 Å². The zero-order valence-electron chi connectivity index (χ0n) is 9.07. The standard InChI is InChI=1S/C13H13BrN2/c1-10-3-2-4-13(5-10)16-8-11-6-12(14)9-15-7-11/h2-7,9,16H,8H2,1H3. The smallest absolute Gasteiger partial charge is 0.0416 e. The highest BCUT2D eigenvalue weighted by atomic mass is 79.9. The predicted molar refractivity (Wildman–Crippen MR) is 70.4 cm³/mol. The molecule has 0 atom stereocenters. The number of nitrogens with one attached hydrogen (secondary N) is 1. The second kappa shape index (κ2) is 5.12. The molecule has 0 aliphatic carbocycles. The molecule has 0 aliphatic rings. The van der Waals surface area contributed by atoms with Gasteiger partial charge >= 0.3 is 0 Å². The van der Waals surface area contributed by atoms with Crippen LogP contribution in [0, 0.1) is 6.92 Å². The van der Waals surface area contributed by atoms with Gasteiger partial charge in [0, 0.05) is 29.1 Å². The van der Waals surface area contributed by atoms with Gasteiger partial charge in [-0.05, 0) is 52.2 Å². The van der Waals surface area contributed by atoms with Gasteiger partial charge in [0.25, 0.3) is 0 Å². The summed E-state index contributed by atoms with van der Waals surface area (Å²) in [6.07, 6.45) is 3.66. The summed E-state index contributed by atoms with van der Waals surface area (Å²) in [5.41, 5.74) is 3.56. The number of rotatable bonds is 3. The number of halogens is 1. The lowest BCUT2D eigenvalue weighted by molar-refractivity contribution is 1.10. The van der Waals surface area contributed by atoms with Gasteiger partial charge in [0.05, 0.1) is 0 Å². The van der Waals surface area contributed by atoms with Crippen LogP contribution in [0.5, 0.6) is 0 Å². The van der Waals surface area contributed by atoms with Gasteiger partial charge in [-0.3, -0.25) is 4.98 Å². The molecule has 82 valence electrons. The first-order valence-electron chi connectivity index (χ1n) is 5.14. The summed E-state index contributed by atoms with van der Waals surface area (Å²) in [5, 5.41) is 3.37. The van der Waals surface area contributed by atoms with Crippen LogP contribution < -0.4 is 5.32 Å². The Morgan fingerprint density at radius 3 is 2.88 bits per heavy atom. The van der Waals surface area contributed by atoms with E-state index in [0.29, 0.717) is 0 Å². The maximum absolute atomic E-state index is 4.13. The molecular formula is C13H13BrN2. The van der Waals surface area contributed by atoms with E-state index >= 15 is 0 Å². The van der Waals surface area contributed by atoms with Crippen molar-refractivity contribution in [1.29, 1.82) is 0 Å². The molecule has 0 aliphatic heterocycles. The van der Waals surface area contributed by atoms with E-state index in [1.807, 2.05) is 6.20 Å². The quantitative estimate of drug-likeness (QED) is 0.923. The molecule has 0 bridgehead atoms. The molecule has 2 aromatic rings. The van der Waals surface area contributed by atoms with Crippen LogP contribution in [-0.2, 0) is 6.54 Å². The summed E-state index contributed by atoms with van der Waals surface area (Å²) in [4.78, 5) is 4.13. The molecule has 0 amide bonds. The Labute approximate surface area is 104 Å². The maximum Gasteiger partial charge on any atom is 0.0416 e. The molecule has 0 fully saturated rings. The Morgan fingerprint density at radius 1 is 1.25 bits per heavy atom. The first-order valence-corrected chi connectivity index (χ1v) is 5.93. The summed E-state index contributed by atoms with van der Waals surface area (Å²) < 4.78 is 1.01. The van der Waals surface area contributed by atoms with Crippen molar-refractivity contribution in [3.05, 3.63) is 58.3 Å². The maximum atomic E-state index is 4.13. The Kier molecular flexibility index (Phi) is 3.57. The van der Waals surface area contributed by atoms with Crippen LogP contribution in [0.1, 0.15) is 11.1 Å². The third kappa shape index (κ3) is 3.07. The van der Waals surface area contributed by atoms with Gasteiger partial charge in [0.1, 0.15) is 0 Å². The van der Waals surface area contributed by atoms with E-state index in [9.17, 15) is 0 Å². The van der Waals surface area contributed by atoms with E-state index < -0.39 is 0 Å². The molecule has 1 N–H and O–H groups in total. The molecule has 1 aromatic carbocycles. The fourth-order valence-electron chi connectivity index (χ4n) is 1.51. The van der Waals surface area contributed by atoms with Crippen LogP contribution in [0.2, 0.25) is 0 Å². The molecule has 1 aromatic heterocycles. The lowest BCUT2D eigenvalue weighted by Gasteiger charge is -2.07. The van der Waals surface area contributed by atoms with Crippen molar-refractivity contribution < 1.29 is 0 Å². The van der Waals surface area contributed by atoms with Crippen LogP contribution in [-0.4, -0.2) is 4.98 Å². The highest BCUT2D eigenvalue weighted by Crippen LogP contribution is 2.13. The van der Waals surface area contributed by atoms with Crippen LogP contribution in [0.15, 0.2) is 47.2 Å². The monoisotopic (exact) mass is 276 g/mol. The number of hydrogen-bond acceptors (Lipinski definition) is 2. The van der Waals surface area contributed by atoms with Crippen molar-refractivity contribution in [2.24, 2.45) is 0 Å². The van der Waals surface area contributed by atoms with Gasteiger partial charge < -0.3 is 5.32 Å². The average Bonchev–Trinajstić information content (AvgIpc) is 2.27. The average molecular weight is 277 g/mol. The minimum Gasteiger partial charge on any atom is -0.381 e. The van der Waals surface area contributed by atoms with E-state index in [1.165, 1.54) is 5.56 Å². The van der Waals surface area contributed by atoms with Gasteiger partial charge in [-0.1, -0.05) is 12.1 Å². The van der Waals surface area contributed by atoms with Gasteiger partial charge in [-0.15, -0.1) is 0 Å². The highest BCUT2D eigenvalue weighted by molar-refractivity contribution is 9.10. The Balaban J connectivity index is 2.02. The molecule has 0 saturated carbocycles. The lowest BCUT2D eigenvalue weighted by atomic mass is 10.2. The topological polar surface area (TPSA) is 24.9 Å². The number of aromatic nitrogens is 1. The third-order valence-corrected chi connectivity index (χ3v) is 2.71. The van der Waals surface area contributed by atoms with E-state index in [4.69, 9.17) is 0 Å². The number of nitrogens with zero attached hydrogens (tertiary/aromatic N) is 1. The Hall–Kier alpha value is -1.35. The van der Waals surface area contributed by atoms with Gasteiger partial charge in [0.2, 0.25) is 0 Å². The number of anilines is 1. The van der Waals surface area contributed by atoms with Crippen molar-refractivity contribution in [2.45, 2.75) is 13.5 Å². The van der Waals surface area contributed by atoms with E-state index in [0.717, 1.165) is 22.3 Å². The van der Waals surface area contributed by atoms with Gasteiger partial charge in [-0.25, -0.2) is 0 Å². The summed E-state index contributed by atoms with van der Waals surface area (Å²) >= 11 is 3.41. The Bertz CT molecular complexity index is 437. The van der Waals surface area contributed by atoms with Gasteiger partial charge in [0.15, 0.2) is 0 Å². The zero-order valence-corrected chi connectivity index (χ0v) is 10.7. The lowest BCUT2D eigenvalue weighted by Crippen LogP contribution is -1.99. The van der Waals surface area contributed by atoms with Crippen molar-refractivity contribution in [2.75, 3.05) is 5.32 Å². The molecule has 16 heavy (non-hydrogen) atoms. The van der Waals surface area contributed by atoms with Crippen LogP contribution in [0.25, 0.3) is 0 Å². The largest absolute Gasteiger partial charge is 0.381 e. The minimum atomic E-state index is 0.788. The molecule has 0 spiro atoms. The highest BCUT2D eigenvalue weighted by Gasteiger charge is 1.96. The normalized spacial score (nSPS) is 10.1. The fourth-order valence-corrected chi connectivity index (χ4v) is 1.92. The second-order valence-corrected chi connectivity index (χ2v) is 4.65. The minimum absolute atomic E-state index is 0.788. The van der Waals surface area contributed by atoms with Crippen LogP contribution in [0.4, 0.5) is 5.69 Å². The Morgan fingerprint density at radius 2 is 2.12 bits per heavy atom. The first kappa shape index (κ1) is 11.1. The number of aryl methyl sites for hydroxylation is 1. The molecule has 0 unspecified atom stereocenters. The van der Waals surface area contributed by atoms with Crippen molar-refractivity contribution in [3.8, 4) is 0 Å². The first-order chi connectivity index (χ1) is 7.74. The van der Waals surface area contributed by atoms with Crippen molar-refractivity contribution in [1.82, 2.24) is 4.98 Å². The SMILES string of the molecule is Cc1cccc(NCc2cncc(Br)c2)c1. The number of hydrogen-bond donors (Lipinski definition) is 1. The molecule has 3 heteroatoms. The van der Waals surface area contributed by atoms with E-state index in [2.05, 4.69) is 63.5 Å². The third-order valence-electron chi connectivity index (χ3n) is 2.28. The molecule has 0 radical (unpaired) electrons. The van der Waals surface area contributed by atoms with Crippen molar-refractivity contribution in [3.63, 3.8) is 0 Å². The number of pyridine rings is 1. The molecular weight excluding hydrogens is 264 g/mol. The molecule has 0 saturated heterocycles. The summed E-state index contributed by atoms with van der Waals surface area (Å²) in [7, 11) is 0. The summed E-state index contributed by atoms with van der Waals surface area (Å²) in [5.74, 6) is 0. The fraction of sp³-hybridized carbons (Fsp3) is 0.154. The van der Waals surface area contributed by atoms with Gasteiger partial charge in [-0.2, -0.15) is 0 Å². The summed E-state index contributed by atoms with van der Waals surface area (Å²) in [6.45, 7) is 2.88.